The predicted molar refractivity (Wildman–Crippen MR) is 291 cm³/mol. The van der Waals surface area contributed by atoms with E-state index in [0.29, 0.717) is 37.2 Å². The molecule has 1 amide bonds. The SMILES string of the molecule is CC(C)(C)CC(=O)C(C)(C)C.CC(C)(C)CC(=O)CC(C)(C)C.CC(C)(C)CC(=O)OC(C)(C)C.CC(C)(C)NC(=O)C(C)(C)C.CC(C)(C)OC(=O)C(C)(C)C.CC(C)(C)OC(=O)OC(C)(C)C. The Morgan fingerprint density at radius 1 is 0.319 bits per heavy atom. The van der Waals surface area contributed by atoms with Crippen LogP contribution in [0.1, 0.15) is 275 Å². The number of hydrogen-bond donors (Lipinski definition) is 1. The third kappa shape index (κ3) is 71.7. The number of esters is 2. The van der Waals surface area contributed by atoms with Crippen molar-refractivity contribution in [3.8, 4) is 0 Å². The summed E-state index contributed by atoms with van der Waals surface area (Å²) in [6, 6.07) is 0. The highest BCUT2D eigenvalue weighted by atomic mass is 16.7. The summed E-state index contributed by atoms with van der Waals surface area (Å²) in [5.41, 5.74) is -2.24. The minimum Gasteiger partial charge on any atom is -0.460 e. The van der Waals surface area contributed by atoms with Gasteiger partial charge in [-0.2, -0.15) is 0 Å². The molecule has 414 valence electrons. The summed E-state index contributed by atoms with van der Waals surface area (Å²) >= 11 is 0. The molecule has 0 aromatic heterocycles. The first kappa shape index (κ1) is 77.5. The maximum absolute atomic E-state index is 11.5. The first-order valence-electron chi connectivity index (χ1n) is 24.9. The van der Waals surface area contributed by atoms with Gasteiger partial charge in [0, 0.05) is 35.6 Å². The summed E-state index contributed by atoms with van der Waals surface area (Å²) in [6.45, 7) is 70.2. The van der Waals surface area contributed by atoms with Gasteiger partial charge in [0.2, 0.25) is 5.91 Å². The molecule has 0 unspecified atom stereocenters. The molecule has 0 spiro atoms. The van der Waals surface area contributed by atoms with Crippen LogP contribution in [0.5, 0.6) is 0 Å². The van der Waals surface area contributed by atoms with Crippen molar-refractivity contribution in [2.24, 2.45) is 37.9 Å². The fraction of sp³-hybridized carbons (Fsp3) is 0.897. The van der Waals surface area contributed by atoms with Crippen LogP contribution in [-0.4, -0.2) is 63.5 Å². The molecule has 1 N–H and O–H groups in total. The van der Waals surface area contributed by atoms with Gasteiger partial charge in [-0.25, -0.2) is 4.79 Å². The van der Waals surface area contributed by atoms with Crippen molar-refractivity contribution >= 4 is 35.6 Å². The molecule has 0 aliphatic heterocycles. The summed E-state index contributed by atoms with van der Waals surface area (Å²) in [5.74, 6) is 0.574. The van der Waals surface area contributed by atoms with E-state index in [1.165, 1.54) is 0 Å². The molecule has 11 nitrogen and oxygen atoms in total. The monoisotopic (exact) mass is 988 g/mol. The van der Waals surface area contributed by atoms with E-state index < -0.39 is 22.8 Å². The van der Waals surface area contributed by atoms with Crippen molar-refractivity contribution in [1.29, 1.82) is 0 Å². The molecular weight excluding hydrogens is 871 g/mol. The van der Waals surface area contributed by atoms with E-state index in [4.69, 9.17) is 18.9 Å². The zero-order chi connectivity index (χ0) is 57.8. The second kappa shape index (κ2) is 28.9. The first-order valence-corrected chi connectivity index (χ1v) is 24.9. The van der Waals surface area contributed by atoms with E-state index in [-0.39, 0.29) is 67.1 Å². The van der Waals surface area contributed by atoms with Crippen LogP contribution in [0.3, 0.4) is 0 Å². The Balaban J connectivity index is -0.000000173. The van der Waals surface area contributed by atoms with Gasteiger partial charge in [0.15, 0.2) is 0 Å². The number of nitrogens with one attached hydrogen (secondary N) is 1. The van der Waals surface area contributed by atoms with E-state index in [9.17, 15) is 28.8 Å². The van der Waals surface area contributed by atoms with Gasteiger partial charge >= 0.3 is 18.1 Å². The summed E-state index contributed by atoms with van der Waals surface area (Å²) in [4.78, 5) is 67.9. The molecule has 0 atom stereocenters. The normalized spacial score (nSPS) is 12.9. The standard InChI is InChI=1S/C11H22O.C10H20O2.C10H20O.C9H19NO.C9H18O3.C9H18O2/c1-10(2,3)7-9(12)8-11(4,5)6;1-9(2,3)7-8(11)12-10(4,5)6;1-9(2,3)7-8(11)10(4,5)6;1-8(2,3)7(11)10-9(4,5)6;1-8(2,3)11-7(10)12-9(4,5)6;1-8(2,3)7(10)11-9(4,5)6/h7-8H2,1-6H3;7H2,1-6H3;7H2,1-6H3;1-6H3,(H,10,11);1-6H3;1-6H3. The van der Waals surface area contributed by atoms with Crippen LogP contribution < -0.4 is 5.32 Å². The van der Waals surface area contributed by atoms with Gasteiger partial charge in [-0.3, -0.25) is 24.0 Å². The average Bonchev–Trinajstić information content (AvgIpc) is 2.88. The van der Waals surface area contributed by atoms with Crippen molar-refractivity contribution in [1.82, 2.24) is 5.32 Å². The highest BCUT2D eigenvalue weighted by Gasteiger charge is 2.29. The number of amides is 1. The van der Waals surface area contributed by atoms with Crippen LogP contribution >= 0.6 is 0 Å². The smallest absolute Gasteiger partial charge is 0.460 e. The topological polar surface area (TPSA) is 151 Å². The van der Waals surface area contributed by atoms with Crippen LogP contribution in [-0.2, 0) is 42.9 Å². The Hall–Kier alpha value is -2.98. The second-order valence-electron chi connectivity index (χ2n) is 31.1. The molecule has 0 heterocycles. The number of Topliss-reactive ketones (excluding diaryl/α,β-unsaturated/α-hetero) is 2. The second-order valence-corrected chi connectivity index (χ2v) is 31.1. The van der Waals surface area contributed by atoms with Gasteiger partial charge in [-0.05, 0) is 146 Å². The Bertz CT molecular complexity index is 1280. The molecule has 0 fully saturated rings. The molecule has 0 aromatic rings. The highest BCUT2D eigenvalue weighted by molar-refractivity contribution is 5.84. The summed E-state index contributed by atoms with van der Waals surface area (Å²) in [5, 5.41) is 2.92. The molecule has 11 heteroatoms. The number of carbonyl (C=O) groups excluding carboxylic acids is 6. The molecule has 69 heavy (non-hydrogen) atoms. The van der Waals surface area contributed by atoms with E-state index in [2.05, 4.69) is 67.6 Å². The van der Waals surface area contributed by atoms with Crippen LogP contribution in [0.15, 0.2) is 0 Å². The first-order chi connectivity index (χ1) is 29.2. The van der Waals surface area contributed by atoms with Gasteiger partial charge in [0.25, 0.3) is 0 Å². The fourth-order valence-electron chi connectivity index (χ4n) is 4.28. The number of hydrogen-bond acceptors (Lipinski definition) is 10. The molecule has 0 radical (unpaired) electrons. The van der Waals surface area contributed by atoms with E-state index in [0.717, 1.165) is 0 Å². The van der Waals surface area contributed by atoms with Gasteiger partial charge < -0.3 is 24.3 Å². The lowest BCUT2D eigenvalue weighted by atomic mass is 9.80. The maximum Gasteiger partial charge on any atom is 0.509 e. The third-order valence-electron chi connectivity index (χ3n) is 7.04. The summed E-state index contributed by atoms with van der Waals surface area (Å²) in [6.07, 6.45) is 1.94. The largest absolute Gasteiger partial charge is 0.509 e. The number of ketones is 2. The molecule has 0 aliphatic rings. The Morgan fingerprint density at radius 2 is 0.594 bits per heavy atom. The summed E-state index contributed by atoms with van der Waals surface area (Å²) < 4.78 is 20.2. The number of rotatable bonds is 4. The van der Waals surface area contributed by atoms with Crippen molar-refractivity contribution in [3.63, 3.8) is 0 Å². The minimum absolute atomic E-state index is 0.0162. The quantitative estimate of drug-likeness (QED) is 0.213. The van der Waals surface area contributed by atoms with Crippen LogP contribution in [0, 0.1) is 37.9 Å². The fourth-order valence-corrected chi connectivity index (χ4v) is 4.28. The van der Waals surface area contributed by atoms with Gasteiger partial charge in [0.05, 0.1) is 11.8 Å². The molecule has 0 rings (SSSR count). The Labute approximate surface area is 428 Å². The maximum atomic E-state index is 11.5. The molecular formula is C58H117NO10. The highest BCUT2D eigenvalue weighted by Crippen LogP contribution is 2.27. The van der Waals surface area contributed by atoms with Crippen molar-refractivity contribution in [3.05, 3.63) is 0 Å². The Kier molecular flexibility index (Phi) is 32.5. The lowest BCUT2D eigenvalue weighted by molar-refractivity contribution is -0.164. The molecule has 0 saturated heterocycles. The van der Waals surface area contributed by atoms with E-state index >= 15 is 0 Å². The van der Waals surface area contributed by atoms with Crippen molar-refractivity contribution < 1.29 is 47.7 Å². The number of carbonyl (C=O) groups is 6. The van der Waals surface area contributed by atoms with Crippen molar-refractivity contribution in [2.45, 2.75) is 303 Å². The lowest BCUT2D eigenvalue weighted by Crippen LogP contribution is -2.46. The minimum atomic E-state index is -0.616. The lowest BCUT2D eigenvalue weighted by Gasteiger charge is -2.26. The molecule has 0 aliphatic carbocycles. The molecule has 0 saturated carbocycles. The van der Waals surface area contributed by atoms with E-state index in [1.807, 2.05) is 145 Å². The van der Waals surface area contributed by atoms with Gasteiger partial charge in [-0.1, -0.05) is 125 Å². The third-order valence-corrected chi connectivity index (χ3v) is 7.04. The summed E-state index contributed by atoms with van der Waals surface area (Å²) in [7, 11) is 0. The zero-order valence-corrected chi connectivity index (χ0v) is 52.4. The molecule has 0 bridgehead atoms. The average molecular weight is 989 g/mol. The van der Waals surface area contributed by atoms with Crippen LogP contribution in [0.4, 0.5) is 4.79 Å². The van der Waals surface area contributed by atoms with Gasteiger partial charge in [0.1, 0.15) is 34.0 Å². The van der Waals surface area contributed by atoms with E-state index in [1.54, 1.807) is 41.5 Å². The predicted octanol–water partition coefficient (Wildman–Crippen LogP) is 16.3. The molecule has 0 aromatic carbocycles. The van der Waals surface area contributed by atoms with Crippen molar-refractivity contribution in [2.75, 3.05) is 0 Å². The van der Waals surface area contributed by atoms with Crippen LogP contribution in [0.2, 0.25) is 0 Å². The Morgan fingerprint density at radius 3 is 0.739 bits per heavy atom. The zero-order valence-electron chi connectivity index (χ0n) is 52.4. The number of ether oxygens (including phenoxy) is 4. The van der Waals surface area contributed by atoms with Crippen LogP contribution in [0.25, 0.3) is 0 Å². The van der Waals surface area contributed by atoms with Gasteiger partial charge in [-0.15, -0.1) is 0 Å².